The normalized spacial score (nSPS) is 24.8. The molecule has 2 fully saturated rings. The van der Waals surface area contributed by atoms with Crippen molar-refractivity contribution in [2.75, 3.05) is 39.3 Å². The average Bonchev–Trinajstić information content (AvgIpc) is 3.12. The zero-order valence-corrected chi connectivity index (χ0v) is 13.7. The summed E-state index contributed by atoms with van der Waals surface area (Å²) in [5, 5.41) is 8.12. The molecule has 1 aromatic heterocycles. The van der Waals surface area contributed by atoms with Crippen LogP contribution >= 0.6 is 0 Å². The third-order valence-corrected chi connectivity index (χ3v) is 5.17. The van der Waals surface area contributed by atoms with Crippen LogP contribution in [0.3, 0.4) is 0 Å². The molecule has 2 saturated heterocycles. The van der Waals surface area contributed by atoms with Crippen LogP contribution in [0.2, 0.25) is 0 Å². The van der Waals surface area contributed by atoms with Crippen LogP contribution in [0.25, 0.3) is 0 Å². The SMILES string of the molecule is CCn1nc(C)c(CN2CCN([C@H]3CCNC3)CC2)c1C. The van der Waals surface area contributed by atoms with Crippen molar-refractivity contribution in [3.8, 4) is 0 Å². The minimum Gasteiger partial charge on any atom is -0.315 e. The van der Waals surface area contributed by atoms with Crippen molar-refractivity contribution < 1.29 is 0 Å². The van der Waals surface area contributed by atoms with Gasteiger partial charge in [0.1, 0.15) is 0 Å². The lowest BCUT2D eigenvalue weighted by Crippen LogP contribution is -2.50. The molecule has 0 bridgehead atoms. The van der Waals surface area contributed by atoms with Gasteiger partial charge in [-0.1, -0.05) is 0 Å². The maximum Gasteiger partial charge on any atom is 0.0641 e. The highest BCUT2D eigenvalue weighted by Crippen LogP contribution is 2.18. The van der Waals surface area contributed by atoms with Crippen molar-refractivity contribution in [2.45, 2.75) is 46.3 Å². The van der Waals surface area contributed by atoms with E-state index in [1.165, 1.54) is 62.6 Å². The number of hydrogen-bond acceptors (Lipinski definition) is 4. The highest BCUT2D eigenvalue weighted by Gasteiger charge is 2.26. The highest BCUT2D eigenvalue weighted by atomic mass is 15.3. The number of aryl methyl sites for hydroxylation is 2. The summed E-state index contributed by atoms with van der Waals surface area (Å²) >= 11 is 0. The maximum atomic E-state index is 4.64. The van der Waals surface area contributed by atoms with Crippen molar-refractivity contribution in [1.29, 1.82) is 0 Å². The van der Waals surface area contributed by atoms with Gasteiger partial charge in [0, 0.05) is 63.1 Å². The third kappa shape index (κ3) is 3.15. The van der Waals surface area contributed by atoms with Crippen molar-refractivity contribution >= 4 is 0 Å². The number of rotatable bonds is 4. The molecule has 2 aliphatic heterocycles. The first-order valence-corrected chi connectivity index (χ1v) is 8.39. The topological polar surface area (TPSA) is 36.3 Å². The quantitative estimate of drug-likeness (QED) is 0.898. The zero-order chi connectivity index (χ0) is 14.8. The lowest BCUT2D eigenvalue weighted by atomic mass is 10.1. The van der Waals surface area contributed by atoms with Crippen LogP contribution < -0.4 is 5.32 Å². The second-order valence-electron chi connectivity index (χ2n) is 6.42. The Morgan fingerprint density at radius 3 is 2.52 bits per heavy atom. The van der Waals surface area contributed by atoms with E-state index in [4.69, 9.17) is 0 Å². The summed E-state index contributed by atoms with van der Waals surface area (Å²) in [7, 11) is 0. The number of nitrogens with one attached hydrogen (secondary N) is 1. The van der Waals surface area contributed by atoms with Gasteiger partial charge in [-0.2, -0.15) is 5.10 Å². The largest absolute Gasteiger partial charge is 0.315 e. The molecule has 2 aliphatic rings. The molecule has 0 spiro atoms. The second-order valence-corrected chi connectivity index (χ2v) is 6.42. The van der Waals surface area contributed by atoms with Crippen molar-refractivity contribution in [1.82, 2.24) is 24.9 Å². The van der Waals surface area contributed by atoms with E-state index < -0.39 is 0 Å². The van der Waals surface area contributed by atoms with Gasteiger partial charge in [0.05, 0.1) is 5.69 Å². The molecule has 118 valence electrons. The lowest BCUT2D eigenvalue weighted by molar-refractivity contribution is 0.0979. The number of nitrogens with zero attached hydrogens (tertiary/aromatic N) is 4. The van der Waals surface area contributed by atoms with Crippen LogP contribution in [-0.2, 0) is 13.1 Å². The summed E-state index contributed by atoms with van der Waals surface area (Å²) in [4.78, 5) is 5.27. The third-order valence-electron chi connectivity index (χ3n) is 5.17. The first kappa shape index (κ1) is 15.0. The molecule has 5 heteroatoms. The van der Waals surface area contributed by atoms with E-state index in [9.17, 15) is 0 Å². The molecule has 21 heavy (non-hydrogen) atoms. The van der Waals surface area contributed by atoms with E-state index in [1.54, 1.807) is 0 Å². The van der Waals surface area contributed by atoms with Crippen molar-refractivity contribution in [2.24, 2.45) is 0 Å². The summed E-state index contributed by atoms with van der Waals surface area (Å²) in [6, 6.07) is 0.776. The molecule has 1 aromatic rings. The van der Waals surface area contributed by atoms with Crippen LogP contribution in [0.5, 0.6) is 0 Å². The van der Waals surface area contributed by atoms with Gasteiger partial charge in [-0.3, -0.25) is 14.5 Å². The van der Waals surface area contributed by atoms with Crippen molar-refractivity contribution in [3.63, 3.8) is 0 Å². The lowest BCUT2D eigenvalue weighted by Gasteiger charge is -2.37. The molecule has 1 N–H and O–H groups in total. The molecular formula is C16H29N5. The van der Waals surface area contributed by atoms with Gasteiger partial charge in [0.15, 0.2) is 0 Å². The van der Waals surface area contributed by atoms with E-state index in [1.807, 2.05) is 0 Å². The van der Waals surface area contributed by atoms with E-state index >= 15 is 0 Å². The number of aromatic nitrogens is 2. The van der Waals surface area contributed by atoms with E-state index in [-0.39, 0.29) is 0 Å². The van der Waals surface area contributed by atoms with Gasteiger partial charge in [-0.15, -0.1) is 0 Å². The molecule has 3 heterocycles. The van der Waals surface area contributed by atoms with E-state index in [0.29, 0.717) is 0 Å². The predicted octanol–water partition coefficient (Wildman–Crippen LogP) is 0.999. The van der Waals surface area contributed by atoms with Crippen LogP contribution in [-0.4, -0.2) is 64.9 Å². The number of piperazine rings is 1. The minimum atomic E-state index is 0.776. The molecule has 0 unspecified atom stereocenters. The van der Waals surface area contributed by atoms with Gasteiger partial charge in [-0.25, -0.2) is 0 Å². The summed E-state index contributed by atoms with van der Waals surface area (Å²) in [5.41, 5.74) is 3.99. The van der Waals surface area contributed by atoms with Gasteiger partial charge in [0.25, 0.3) is 0 Å². The minimum absolute atomic E-state index is 0.776. The fraction of sp³-hybridized carbons (Fsp3) is 0.812. The van der Waals surface area contributed by atoms with E-state index in [2.05, 4.69) is 45.7 Å². The second kappa shape index (κ2) is 6.46. The fourth-order valence-corrected chi connectivity index (χ4v) is 3.73. The zero-order valence-electron chi connectivity index (χ0n) is 13.7. The molecule has 0 amide bonds. The molecule has 1 atom stereocenters. The Balaban J connectivity index is 1.56. The first-order chi connectivity index (χ1) is 10.2. The van der Waals surface area contributed by atoms with Crippen LogP contribution in [0.15, 0.2) is 0 Å². The predicted molar refractivity (Wildman–Crippen MR) is 85.5 cm³/mol. The van der Waals surface area contributed by atoms with Crippen LogP contribution in [0.4, 0.5) is 0 Å². The Morgan fingerprint density at radius 2 is 1.95 bits per heavy atom. The first-order valence-electron chi connectivity index (χ1n) is 8.39. The molecule has 0 aromatic carbocycles. The Bertz CT molecular complexity index is 467. The molecule has 5 nitrogen and oxygen atoms in total. The van der Waals surface area contributed by atoms with Crippen LogP contribution in [0, 0.1) is 13.8 Å². The highest BCUT2D eigenvalue weighted by molar-refractivity contribution is 5.24. The van der Waals surface area contributed by atoms with Crippen molar-refractivity contribution in [3.05, 3.63) is 17.0 Å². The average molecular weight is 291 g/mol. The molecule has 0 radical (unpaired) electrons. The summed E-state index contributed by atoms with van der Waals surface area (Å²) < 4.78 is 2.13. The van der Waals surface area contributed by atoms with Crippen LogP contribution in [0.1, 0.15) is 30.3 Å². The Morgan fingerprint density at radius 1 is 1.19 bits per heavy atom. The molecular weight excluding hydrogens is 262 g/mol. The summed E-state index contributed by atoms with van der Waals surface area (Å²) in [5.74, 6) is 0. The Hall–Kier alpha value is -0.910. The summed E-state index contributed by atoms with van der Waals surface area (Å²) in [6.45, 7) is 15.7. The molecule has 0 aliphatic carbocycles. The standard InChI is InChI=1S/C16H29N5/c1-4-21-14(3)16(13(2)18-21)12-19-7-9-20(10-8-19)15-5-6-17-11-15/h15,17H,4-12H2,1-3H3/t15-/m0/s1. The van der Waals surface area contributed by atoms with Gasteiger partial charge < -0.3 is 5.32 Å². The maximum absolute atomic E-state index is 4.64. The fourth-order valence-electron chi connectivity index (χ4n) is 3.73. The van der Waals surface area contributed by atoms with Gasteiger partial charge in [-0.05, 0) is 33.7 Å². The molecule has 3 rings (SSSR count). The summed E-state index contributed by atoms with van der Waals surface area (Å²) in [6.07, 6.45) is 1.32. The molecule has 0 saturated carbocycles. The Kier molecular flexibility index (Phi) is 4.62. The smallest absolute Gasteiger partial charge is 0.0641 e. The number of hydrogen-bond donors (Lipinski definition) is 1. The van der Waals surface area contributed by atoms with Gasteiger partial charge in [0.2, 0.25) is 0 Å². The van der Waals surface area contributed by atoms with Gasteiger partial charge >= 0.3 is 0 Å². The monoisotopic (exact) mass is 291 g/mol. The van der Waals surface area contributed by atoms with E-state index in [0.717, 1.165) is 19.1 Å². The Labute approximate surface area is 128 Å².